The number of rotatable bonds is 12. The van der Waals surface area contributed by atoms with E-state index in [0.717, 1.165) is 25.7 Å². The molecule has 1 aliphatic rings. The summed E-state index contributed by atoms with van der Waals surface area (Å²) < 4.78 is 53.9. The molecule has 2 aromatic heterocycles. The van der Waals surface area contributed by atoms with E-state index in [1.807, 2.05) is 6.92 Å². The Morgan fingerprint density at radius 2 is 1.90 bits per heavy atom. The Morgan fingerprint density at radius 1 is 1.10 bits per heavy atom. The van der Waals surface area contributed by atoms with Crippen molar-refractivity contribution in [2.75, 3.05) is 31.7 Å². The van der Waals surface area contributed by atoms with E-state index < -0.39 is 10.0 Å². The number of nitrogens with one attached hydrogen (secondary N) is 2. The highest BCUT2D eigenvalue weighted by Crippen LogP contribution is 2.45. The van der Waals surface area contributed by atoms with E-state index in [9.17, 15) is 13.2 Å². The second-order valence-electron chi connectivity index (χ2n) is 9.85. The summed E-state index contributed by atoms with van der Waals surface area (Å²) in [6.45, 7) is 6.76. The highest BCUT2D eigenvalue weighted by Gasteiger charge is 2.25. The number of methoxy groups -OCH3 is 1. The lowest BCUT2D eigenvalue weighted by Gasteiger charge is -2.22. The minimum Gasteiger partial charge on any atom is -0.493 e. The molecule has 0 unspecified atom stereocenters. The van der Waals surface area contributed by atoms with Crippen molar-refractivity contribution in [1.29, 1.82) is 0 Å². The molecule has 0 atom stereocenters. The van der Waals surface area contributed by atoms with Crippen LogP contribution >= 0.6 is 0 Å². The first-order valence-corrected chi connectivity index (χ1v) is 15.5. The van der Waals surface area contributed by atoms with Crippen molar-refractivity contribution in [3.63, 3.8) is 0 Å². The van der Waals surface area contributed by atoms with Crippen LogP contribution in [-0.4, -0.2) is 54.9 Å². The van der Waals surface area contributed by atoms with Crippen LogP contribution in [-0.2, 0) is 16.4 Å². The number of hydrogen-bond donors (Lipinski definition) is 2. The van der Waals surface area contributed by atoms with Gasteiger partial charge in [-0.05, 0) is 50.6 Å². The Balaban J connectivity index is 1.55. The van der Waals surface area contributed by atoms with Gasteiger partial charge in [0.25, 0.3) is 15.6 Å². The molecule has 0 saturated heterocycles. The Labute approximate surface area is 244 Å². The molecule has 0 saturated carbocycles. The molecular weight excluding hydrogens is 562 g/mol. The van der Waals surface area contributed by atoms with E-state index in [4.69, 9.17) is 24.0 Å². The molecule has 0 aliphatic carbocycles. The van der Waals surface area contributed by atoms with Crippen LogP contribution in [0.5, 0.6) is 23.0 Å². The fourth-order valence-electron chi connectivity index (χ4n) is 4.95. The lowest BCUT2D eigenvalue weighted by Crippen LogP contribution is -2.18. The van der Waals surface area contributed by atoms with Crippen LogP contribution in [0.25, 0.3) is 16.9 Å². The first-order valence-electron chi connectivity index (χ1n) is 14.0. The molecule has 0 spiro atoms. The molecule has 12 nitrogen and oxygen atoms in total. The van der Waals surface area contributed by atoms with E-state index in [1.54, 1.807) is 29.6 Å². The normalized spacial score (nSPS) is 12.9. The molecule has 0 radical (unpaired) electrons. The molecule has 0 fully saturated rings. The summed E-state index contributed by atoms with van der Waals surface area (Å²) >= 11 is 0. The monoisotopic (exact) mass is 597 g/mol. The number of nitrogens with zero attached hydrogens (tertiary/aromatic N) is 3. The number of ether oxygens (including phenoxy) is 4. The van der Waals surface area contributed by atoms with Crippen molar-refractivity contribution < 1.29 is 27.4 Å². The van der Waals surface area contributed by atoms with Gasteiger partial charge in [-0.25, -0.2) is 17.9 Å². The Morgan fingerprint density at radius 3 is 2.67 bits per heavy atom. The molecule has 0 bridgehead atoms. The van der Waals surface area contributed by atoms with E-state index in [0.29, 0.717) is 66.1 Å². The van der Waals surface area contributed by atoms with Crippen LogP contribution in [0, 0.1) is 6.92 Å². The second-order valence-corrected chi connectivity index (χ2v) is 11.5. The summed E-state index contributed by atoms with van der Waals surface area (Å²) in [5.74, 6) is 2.22. The average molecular weight is 598 g/mol. The van der Waals surface area contributed by atoms with Crippen LogP contribution in [0.3, 0.4) is 0 Å². The average Bonchev–Trinajstić information content (AvgIpc) is 3.30. The van der Waals surface area contributed by atoms with Gasteiger partial charge < -0.3 is 23.9 Å². The van der Waals surface area contributed by atoms with E-state index in [-0.39, 0.29) is 27.7 Å². The molecule has 5 rings (SSSR count). The Bertz CT molecular complexity index is 1760. The fraction of sp³-hybridized carbons (Fsp3) is 0.414. The molecule has 0 amide bonds. The second kappa shape index (κ2) is 12.3. The van der Waals surface area contributed by atoms with Gasteiger partial charge in [-0.1, -0.05) is 26.2 Å². The number of unbranched alkanes of at least 4 members (excludes halogenated alkanes) is 3. The fourth-order valence-corrected chi connectivity index (χ4v) is 6.04. The summed E-state index contributed by atoms with van der Waals surface area (Å²) in [4.78, 5) is 20.5. The van der Waals surface area contributed by atoms with Gasteiger partial charge in [0.2, 0.25) is 5.75 Å². The van der Waals surface area contributed by atoms with E-state index in [2.05, 4.69) is 21.6 Å². The highest BCUT2D eigenvalue weighted by molar-refractivity contribution is 7.92. The molecule has 4 aromatic rings. The predicted molar refractivity (Wildman–Crippen MR) is 158 cm³/mol. The Kier molecular flexibility index (Phi) is 8.57. The number of H-pyrrole nitrogens is 1. The summed E-state index contributed by atoms with van der Waals surface area (Å²) in [7, 11) is -2.70. The quantitative estimate of drug-likeness (QED) is 0.225. The maximum absolute atomic E-state index is 13.6. The van der Waals surface area contributed by atoms with Gasteiger partial charge in [-0.2, -0.15) is 0 Å². The van der Waals surface area contributed by atoms with Gasteiger partial charge in [0.05, 0.1) is 35.6 Å². The molecule has 3 heterocycles. The smallest absolute Gasteiger partial charge is 0.277 e. The highest BCUT2D eigenvalue weighted by atomic mass is 32.2. The number of aromatic amines is 1. The summed E-state index contributed by atoms with van der Waals surface area (Å²) in [6.07, 6.45) is 4.87. The molecule has 2 aromatic carbocycles. The lowest BCUT2D eigenvalue weighted by atomic mass is 10.1. The number of anilines is 1. The third-order valence-corrected chi connectivity index (χ3v) is 8.29. The van der Waals surface area contributed by atoms with Crippen molar-refractivity contribution in [2.45, 2.75) is 57.8 Å². The number of imidazole rings is 1. The summed E-state index contributed by atoms with van der Waals surface area (Å²) in [5, 5.41) is 4.70. The van der Waals surface area contributed by atoms with Crippen LogP contribution in [0.15, 0.2) is 40.0 Å². The summed E-state index contributed by atoms with van der Waals surface area (Å²) in [6, 6.07) is 7.57. The molecule has 13 heteroatoms. The molecule has 2 N–H and O–H groups in total. The first-order chi connectivity index (χ1) is 20.3. The summed E-state index contributed by atoms with van der Waals surface area (Å²) in [5.41, 5.74) is 1.07. The maximum Gasteiger partial charge on any atom is 0.277 e. The molecular formula is C29H35N5O7S. The SMILES string of the molecule is CCCCCCc1nc(C)c2c(=O)[nH]c(-c3cc(S(=O)(=O)Nc4ccc5c(c4OC)OCCO5)ccc3OCC)nn12. The zero-order chi connectivity index (χ0) is 29.9. The molecule has 42 heavy (non-hydrogen) atoms. The topological polar surface area (TPSA) is 146 Å². The number of benzene rings is 2. The van der Waals surface area contributed by atoms with Crippen molar-refractivity contribution in [2.24, 2.45) is 0 Å². The van der Waals surface area contributed by atoms with Gasteiger partial charge in [0, 0.05) is 6.42 Å². The molecule has 1 aliphatic heterocycles. The van der Waals surface area contributed by atoms with E-state index in [1.165, 1.54) is 19.2 Å². The zero-order valence-electron chi connectivity index (χ0n) is 24.2. The largest absolute Gasteiger partial charge is 0.493 e. The Hall–Kier alpha value is -4.26. The third-order valence-electron chi connectivity index (χ3n) is 6.92. The first kappa shape index (κ1) is 29.2. The van der Waals surface area contributed by atoms with Crippen molar-refractivity contribution in [3.05, 3.63) is 52.2 Å². The van der Waals surface area contributed by atoms with Crippen molar-refractivity contribution >= 4 is 21.2 Å². The minimum absolute atomic E-state index is 0.0674. The lowest BCUT2D eigenvalue weighted by molar-refractivity contribution is 0.165. The number of fused-ring (bicyclic) bond motifs is 2. The number of hydrogen-bond acceptors (Lipinski definition) is 9. The molecule has 224 valence electrons. The maximum atomic E-state index is 13.6. The van der Waals surface area contributed by atoms with Gasteiger partial charge in [-0.15, -0.1) is 5.10 Å². The van der Waals surface area contributed by atoms with Crippen molar-refractivity contribution in [1.82, 2.24) is 19.6 Å². The number of aryl methyl sites for hydroxylation is 2. The van der Waals surface area contributed by atoms with Crippen molar-refractivity contribution in [3.8, 4) is 34.4 Å². The van der Waals surface area contributed by atoms with Crippen LogP contribution in [0.1, 0.15) is 51.0 Å². The predicted octanol–water partition coefficient (Wildman–Crippen LogP) is 4.50. The van der Waals surface area contributed by atoms with Gasteiger partial charge >= 0.3 is 0 Å². The third kappa shape index (κ3) is 5.73. The minimum atomic E-state index is -4.13. The van der Waals surface area contributed by atoms with Gasteiger partial charge in [0.15, 0.2) is 22.8 Å². The van der Waals surface area contributed by atoms with Gasteiger partial charge in [0.1, 0.15) is 24.8 Å². The number of sulfonamides is 1. The standard InChI is InChI=1S/C29H35N5O7S/c1-5-7-8-9-10-24-30-18(3)25-29(35)31-28(32-34(24)25)20-17-19(11-13-22(20)39-6-2)42(36,37)33-21-12-14-23-27(26(21)38-4)41-16-15-40-23/h11-14,17,33H,5-10,15-16H2,1-4H3,(H,31,32,35). The van der Waals surface area contributed by atoms with Gasteiger partial charge in [-0.3, -0.25) is 9.52 Å². The zero-order valence-corrected chi connectivity index (χ0v) is 25.0. The number of aromatic nitrogens is 4. The van der Waals surface area contributed by atoms with E-state index >= 15 is 0 Å². The van der Waals surface area contributed by atoms with Crippen LogP contribution < -0.4 is 29.2 Å². The van der Waals surface area contributed by atoms with Crippen LogP contribution in [0.2, 0.25) is 0 Å². The van der Waals surface area contributed by atoms with Crippen LogP contribution in [0.4, 0.5) is 5.69 Å².